The van der Waals surface area contributed by atoms with Crippen molar-refractivity contribution in [3.63, 3.8) is 0 Å². The molecular weight excluding hydrogens is 336 g/mol. The van der Waals surface area contributed by atoms with Crippen molar-refractivity contribution in [2.45, 2.75) is 39.3 Å². The van der Waals surface area contributed by atoms with Crippen molar-refractivity contribution in [3.05, 3.63) is 67.1 Å². The lowest BCUT2D eigenvalue weighted by Gasteiger charge is -2.10. The highest BCUT2D eigenvalue weighted by Crippen LogP contribution is 2.31. The molecule has 1 aliphatic rings. The van der Waals surface area contributed by atoms with E-state index in [0.29, 0.717) is 11.3 Å². The van der Waals surface area contributed by atoms with Crippen LogP contribution in [0.5, 0.6) is 0 Å². The number of aromatic amines is 1. The molecule has 3 rings (SSSR count). The van der Waals surface area contributed by atoms with Crippen LogP contribution in [0.2, 0.25) is 0 Å². The van der Waals surface area contributed by atoms with Gasteiger partial charge in [-0.2, -0.15) is 0 Å². The molecule has 8 heteroatoms. The molecule has 1 aromatic heterocycles. The largest absolute Gasteiger partial charge is 0.377 e. The van der Waals surface area contributed by atoms with E-state index in [0.717, 1.165) is 24.1 Å². The highest BCUT2D eigenvalue weighted by atomic mass is 16.6. The summed E-state index contributed by atoms with van der Waals surface area (Å²) in [6, 6.07) is 6.44. The number of aromatic nitrogens is 1. The molecule has 1 aromatic carbocycles. The second kappa shape index (κ2) is 6.99. The Hall–Kier alpha value is -3.16. The van der Waals surface area contributed by atoms with Gasteiger partial charge >= 0.3 is 0 Å². The first-order valence-corrected chi connectivity index (χ1v) is 8.37. The number of benzene rings is 1. The molecule has 1 saturated carbocycles. The van der Waals surface area contributed by atoms with Crippen molar-refractivity contribution in [1.29, 1.82) is 0 Å². The van der Waals surface area contributed by atoms with Gasteiger partial charge in [0.25, 0.3) is 17.2 Å². The van der Waals surface area contributed by atoms with E-state index >= 15 is 0 Å². The Kier molecular flexibility index (Phi) is 4.75. The summed E-state index contributed by atoms with van der Waals surface area (Å²) < 4.78 is 0. The van der Waals surface area contributed by atoms with Crippen LogP contribution in [0.3, 0.4) is 0 Å². The quantitative estimate of drug-likeness (QED) is 0.543. The Balaban J connectivity index is 1.76. The second-order valence-corrected chi connectivity index (χ2v) is 6.53. The zero-order valence-electron chi connectivity index (χ0n) is 14.6. The van der Waals surface area contributed by atoms with Crippen LogP contribution in [-0.4, -0.2) is 21.9 Å². The number of hydrogen-bond acceptors (Lipinski definition) is 5. The first-order chi connectivity index (χ1) is 12.3. The molecule has 0 saturated heterocycles. The molecule has 0 bridgehead atoms. The van der Waals surface area contributed by atoms with Crippen molar-refractivity contribution < 1.29 is 9.72 Å². The molecule has 136 valence electrons. The van der Waals surface area contributed by atoms with Gasteiger partial charge in [-0.3, -0.25) is 19.7 Å². The number of amides is 1. The number of nitro benzene ring substituents is 1. The van der Waals surface area contributed by atoms with E-state index in [2.05, 4.69) is 15.6 Å². The first kappa shape index (κ1) is 17.7. The van der Waals surface area contributed by atoms with Gasteiger partial charge in [-0.25, -0.2) is 0 Å². The van der Waals surface area contributed by atoms with Gasteiger partial charge in [0.05, 0.1) is 4.92 Å². The van der Waals surface area contributed by atoms with Crippen LogP contribution >= 0.6 is 0 Å². The Morgan fingerprint density at radius 2 is 2.04 bits per heavy atom. The van der Waals surface area contributed by atoms with Crippen molar-refractivity contribution >= 4 is 17.3 Å². The number of nitrogens with zero attached hydrogens (tertiary/aromatic N) is 1. The molecule has 2 aromatic rings. The number of nitrogens with one attached hydrogen (secondary N) is 3. The normalized spacial score (nSPS) is 13.3. The maximum Gasteiger partial charge on any atom is 0.293 e. The van der Waals surface area contributed by atoms with Gasteiger partial charge in [0.15, 0.2) is 0 Å². The molecule has 1 fully saturated rings. The molecule has 1 heterocycles. The summed E-state index contributed by atoms with van der Waals surface area (Å²) in [6.45, 7) is 3.64. The Morgan fingerprint density at radius 1 is 1.31 bits per heavy atom. The minimum absolute atomic E-state index is 0.0517. The van der Waals surface area contributed by atoms with Gasteiger partial charge in [-0.1, -0.05) is 0 Å². The molecular formula is C18H20N4O4. The number of carbonyl (C=O) groups excluding carboxylic acids is 1. The van der Waals surface area contributed by atoms with Gasteiger partial charge in [0.1, 0.15) is 5.69 Å². The second-order valence-electron chi connectivity index (χ2n) is 6.53. The zero-order valence-corrected chi connectivity index (χ0v) is 14.6. The van der Waals surface area contributed by atoms with Gasteiger partial charge in [0, 0.05) is 35.5 Å². The summed E-state index contributed by atoms with van der Waals surface area (Å²) in [4.78, 5) is 37.8. The molecule has 0 aliphatic heterocycles. The lowest BCUT2D eigenvalue weighted by molar-refractivity contribution is -0.384. The third-order valence-electron chi connectivity index (χ3n) is 4.31. The number of carbonyl (C=O) groups is 1. The fourth-order valence-corrected chi connectivity index (χ4v) is 2.77. The highest BCUT2D eigenvalue weighted by molar-refractivity contribution is 5.95. The van der Waals surface area contributed by atoms with Crippen LogP contribution in [0.25, 0.3) is 0 Å². The molecule has 0 radical (unpaired) electrons. The van der Waals surface area contributed by atoms with Gasteiger partial charge in [-0.05, 0) is 50.5 Å². The number of nitro groups is 1. The molecule has 1 aliphatic carbocycles. The van der Waals surface area contributed by atoms with Crippen molar-refractivity contribution in [1.82, 2.24) is 10.3 Å². The van der Waals surface area contributed by atoms with E-state index in [1.165, 1.54) is 6.07 Å². The third-order valence-corrected chi connectivity index (χ3v) is 4.31. The fraction of sp³-hybridized carbons (Fsp3) is 0.333. The van der Waals surface area contributed by atoms with Crippen LogP contribution < -0.4 is 16.2 Å². The zero-order chi connectivity index (χ0) is 18.8. The predicted octanol–water partition coefficient (Wildman–Crippen LogP) is 2.40. The molecule has 0 atom stereocenters. The Bertz CT molecular complexity index is 931. The van der Waals surface area contributed by atoms with E-state index < -0.39 is 10.8 Å². The summed E-state index contributed by atoms with van der Waals surface area (Å²) >= 11 is 0. The van der Waals surface area contributed by atoms with Crippen LogP contribution in [0.1, 0.15) is 40.0 Å². The van der Waals surface area contributed by atoms with E-state index in [1.807, 2.05) is 6.07 Å². The van der Waals surface area contributed by atoms with Gasteiger partial charge in [-0.15, -0.1) is 0 Å². The maximum absolute atomic E-state index is 12.4. The maximum atomic E-state index is 12.4. The standard InChI is InChI=1S/C18H20N4O4/c1-10-7-11(2)20-18(24)14(10)9-19-17(23)12-3-6-15(21-13-4-5-13)16(8-12)22(25)26/h3,6-8,13,21H,4-5,9H2,1-2H3,(H,19,23)(H,20,24). The number of hydrogen-bond donors (Lipinski definition) is 3. The summed E-state index contributed by atoms with van der Waals surface area (Å²) in [5, 5.41) is 17.0. The number of rotatable bonds is 6. The summed E-state index contributed by atoms with van der Waals surface area (Å²) in [6.07, 6.45) is 1.98. The minimum atomic E-state index is -0.504. The SMILES string of the molecule is Cc1cc(C)c(CNC(=O)c2ccc(NC3CC3)c([N+](=O)[O-])c2)c(=O)[nH]1. The van der Waals surface area contributed by atoms with E-state index in [4.69, 9.17) is 0 Å². The summed E-state index contributed by atoms with van der Waals surface area (Å²) in [5.41, 5.74) is 2.20. The third kappa shape index (κ3) is 3.90. The number of anilines is 1. The average Bonchev–Trinajstić information content (AvgIpc) is 3.37. The topological polar surface area (TPSA) is 117 Å². The summed E-state index contributed by atoms with van der Waals surface area (Å²) in [5.74, 6) is -0.467. The summed E-state index contributed by atoms with van der Waals surface area (Å²) in [7, 11) is 0. The van der Waals surface area contributed by atoms with Crippen molar-refractivity contribution in [3.8, 4) is 0 Å². The first-order valence-electron chi connectivity index (χ1n) is 8.37. The van der Waals surface area contributed by atoms with Crippen LogP contribution in [0, 0.1) is 24.0 Å². The number of H-pyrrole nitrogens is 1. The molecule has 1 amide bonds. The van der Waals surface area contributed by atoms with Crippen LogP contribution in [0.4, 0.5) is 11.4 Å². The van der Waals surface area contributed by atoms with E-state index in [-0.39, 0.29) is 29.4 Å². The predicted molar refractivity (Wildman–Crippen MR) is 97.4 cm³/mol. The van der Waals surface area contributed by atoms with E-state index in [9.17, 15) is 19.7 Å². The Labute approximate surface area is 149 Å². The smallest absolute Gasteiger partial charge is 0.293 e. The number of pyridine rings is 1. The molecule has 0 unspecified atom stereocenters. The monoisotopic (exact) mass is 356 g/mol. The van der Waals surface area contributed by atoms with Gasteiger partial charge in [0.2, 0.25) is 0 Å². The van der Waals surface area contributed by atoms with Crippen molar-refractivity contribution in [2.75, 3.05) is 5.32 Å². The fourth-order valence-electron chi connectivity index (χ4n) is 2.77. The van der Waals surface area contributed by atoms with Gasteiger partial charge < -0.3 is 15.6 Å². The lowest BCUT2D eigenvalue weighted by atomic mass is 10.1. The molecule has 8 nitrogen and oxygen atoms in total. The van der Waals surface area contributed by atoms with Crippen LogP contribution in [0.15, 0.2) is 29.1 Å². The van der Waals surface area contributed by atoms with Crippen LogP contribution in [-0.2, 0) is 6.54 Å². The molecule has 26 heavy (non-hydrogen) atoms. The van der Waals surface area contributed by atoms with Crippen molar-refractivity contribution in [2.24, 2.45) is 0 Å². The molecule has 0 spiro atoms. The molecule has 3 N–H and O–H groups in total. The minimum Gasteiger partial charge on any atom is -0.377 e. The number of aryl methyl sites for hydroxylation is 2. The highest BCUT2D eigenvalue weighted by Gasteiger charge is 2.25. The Morgan fingerprint density at radius 3 is 2.65 bits per heavy atom. The van der Waals surface area contributed by atoms with E-state index in [1.54, 1.807) is 26.0 Å². The lowest BCUT2D eigenvalue weighted by Crippen LogP contribution is -2.28. The average molecular weight is 356 g/mol.